The molecule has 0 saturated carbocycles. The lowest BCUT2D eigenvalue weighted by atomic mass is 9.84. The summed E-state index contributed by atoms with van der Waals surface area (Å²) < 4.78 is 2.46. The van der Waals surface area contributed by atoms with Crippen molar-refractivity contribution in [3.8, 4) is 27.9 Å². The van der Waals surface area contributed by atoms with Crippen molar-refractivity contribution < 1.29 is 0 Å². The van der Waals surface area contributed by atoms with E-state index < -0.39 is 0 Å². The van der Waals surface area contributed by atoms with Gasteiger partial charge in [0.05, 0.1) is 11.0 Å². The summed E-state index contributed by atoms with van der Waals surface area (Å²) in [5.41, 5.74) is 11.7. The summed E-state index contributed by atoms with van der Waals surface area (Å²) >= 11 is 0. The molecule has 1 nitrogen and oxygen atoms in total. The molecule has 0 N–H and O–H groups in total. The Balaban J connectivity index is 1.16. The number of aryl methyl sites for hydroxylation is 2. The Morgan fingerprint density at radius 2 is 0.917 bits per heavy atom. The molecule has 48 heavy (non-hydrogen) atoms. The largest absolute Gasteiger partial charge is 0.309 e. The molecule has 8 aromatic carbocycles. The Morgan fingerprint density at radius 1 is 0.375 bits per heavy atom. The summed E-state index contributed by atoms with van der Waals surface area (Å²) in [5, 5.41) is 7.98. The van der Waals surface area contributed by atoms with Crippen molar-refractivity contribution in [1.29, 1.82) is 0 Å². The predicted molar refractivity (Wildman–Crippen MR) is 205 cm³/mol. The van der Waals surface area contributed by atoms with E-state index >= 15 is 0 Å². The fourth-order valence-electron chi connectivity index (χ4n) is 7.94. The van der Waals surface area contributed by atoms with E-state index in [0.717, 1.165) is 19.3 Å². The zero-order valence-electron chi connectivity index (χ0n) is 26.8. The van der Waals surface area contributed by atoms with Crippen LogP contribution in [0.1, 0.15) is 17.5 Å². The maximum atomic E-state index is 2.46. The molecule has 0 saturated heterocycles. The van der Waals surface area contributed by atoms with Crippen molar-refractivity contribution in [1.82, 2.24) is 4.57 Å². The average molecular weight is 614 g/mol. The summed E-state index contributed by atoms with van der Waals surface area (Å²) in [6.07, 6.45) is 3.06. The lowest BCUT2D eigenvalue weighted by Crippen LogP contribution is -1.99. The standard InChI is InChI=1S/C47H35N/c1-3-17-33(18-4-1)36-23-7-10-27-41(36)46-42-28-11-8-24-38(42)37(39-25-9-12-29-43(39)46)30-15-19-34-20-16-31-44-40-26-13-14-32-45(40)48(47(34)44)35-21-5-2-6-22-35/h1-14,16-18,20-29,31-32H,15,19,30H2. The SMILES string of the molecule is c1ccc(-c2ccccc2-c2c3ccccc3c(CCCc3cccc4c5ccccc5n(-c5ccccc5)c34)c3ccccc23)cc1. The van der Waals surface area contributed by atoms with Gasteiger partial charge in [-0.05, 0) is 92.4 Å². The van der Waals surface area contributed by atoms with E-state index in [-0.39, 0.29) is 0 Å². The van der Waals surface area contributed by atoms with Gasteiger partial charge in [0, 0.05) is 16.5 Å². The van der Waals surface area contributed by atoms with Crippen molar-refractivity contribution in [3.05, 3.63) is 187 Å². The molecular formula is C47H35N. The molecule has 0 aliphatic heterocycles. The number of aromatic nitrogens is 1. The molecule has 0 amide bonds. The normalized spacial score (nSPS) is 11.6. The molecule has 0 spiro atoms. The fourth-order valence-corrected chi connectivity index (χ4v) is 7.94. The molecular weight excluding hydrogens is 579 g/mol. The van der Waals surface area contributed by atoms with E-state index in [4.69, 9.17) is 0 Å². The summed E-state index contributed by atoms with van der Waals surface area (Å²) in [6.45, 7) is 0. The quantitative estimate of drug-likeness (QED) is 0.158. The second-order valence-corrected chi connectivity index (χ2v) is 12.7. The van der Waals surface area contributed by atoms with Crippen LogP contribution in [0, 0.1) is 0 Å². The van der Waals surface area contributed by atoms with E-state index in [0.29, 0.717) is 0 Å². The van der Waals surface area contributed by atoms with Crippen LogP contribution in [-0.4, -0.2) is 4.57 Å². The van der Waals surface area contributed by atoms with Gasteiger partial charge in [-0.1, -0.05) is 158 Å². The Bertz CT molecular complexity index is 2520. The molecule has 0 bridgehead atoms. The molecule has 1 heteroatoms. The van der Waals surface area contributed by atoms with Gasteiger partial charge in [0.15, 0.2) is 0 Å². The average Bonchev–Trinajstić information content (AvgIpc) is 3.50. The molecule has 1 aromatic heterocycles. The van der Waals surface area contributed by atoms with Crippen molar-refractivity contribution >= 4 is 43.4 Å². The van der Waals surface area contributed by atoms with Crippen LogP contribution in [0.5, 0.6) is 0 Å². The van der Waals surface area contributed by atoms with Gasteiger partial charge in [-0.3, -0.25) is 0 Å². The maximum absolute atomic E-state index is 2.46. The first-order chi connectivity index (χ1) is 23.9. The topological polar surface area (TPSA) is 4.93 Å². The molecule has 1 heterocycles. The number of hydrogen-bond donors (Lipinski definition) is 0. The molecule has 0 radical (unpaired) electrons. The Labute approximate surface area is 281 Å². The van der Waals surface area contributed by atoms with Crippen molar-refractivity contribution in [2.75, 3.05) is 0 Å². The Kier molecular flexibility index (Phi) is 7.09. The lowest BCUT2D eigenvalue weighted by Gasteiger charge is -2.19. The molecule has 9 aromatic rings. The van der Waals surface area contributed by atoms with Gasteiger partial charge in [-0.2, -0.15) is 0 Å². The van der Waals surface area contributed by atoms with Crippen LogP contribution < -0.4 is 0 Å². The van der Waals surface area contributed by atoms with E-state index in [1.165, 1.54) is 82.4 Å². The molecule has 228 valence electrons. The lowest BCUT2D eigenvalue weighted by molar-refractivity contribution is 0.831. The highest BCUT2D eigenvalue weighted by Gasteiger charge is 2.19. The molecule has 0 aliphatic carbocycles. The van der Waals surface area contributed by atoms with Gasteiger partial charge < -0.3 is 4.57 Å². The Morgan fingerprint density at radius 3 is 1.62 bits per heavy atom. The molecule has 0 atom stereocenters. The number of nitrogens with zero attached hydrogens (tertiary/aromatic N) is 1. The predicted octanol–water partition coefficient (Wildman–Crippen LogP) is 12.6. The maximum Gasteiger partial charge on any atom is 0.0573 e. The van der Waals surface area contributed by atoms with Crippen molar-refractivity contribution in [2.45, 2.75) is 19.3 Å². The van der Waals surface area contributed by atoms with Gasteiger partial charge in [0.2, 0.25) is 0 Å². The minimum absolute atomic E-state index is 1.00. The van der Waals surface area contributed by atoms with Crippen LogP contribution in [0.2, 0.25) is 0 Å². The van der Waals surface area contributed by atoms with E-state index in [1.807, 2.05) is 0 Å². The summed E-state index contributed by atoms with van der Waals surface area (Å²) in [4.78, 5) is 0. The minimum atomic E-state index is 1.00. The smallest absolute Gasteiger partial charge is 0.0573 e. The van der Waals surface area contributed by atoms with Crippen molar-refractivity contribution in [3.63, 3.8) is 0 Å². The van der Waals surface area contributed by atoms with Crippen LogP contribution >= 0.6 is 0 Å². The van der Waals surface area contributed by atoms with Crippen LogP contribution in [-0.2, 0) is 12.8 Å². The van der Waals surface area contributed by atoms with Crippen LogP contribution in [0.15, 0.2) is 176 Å². The minimum Gasteiger partial charge on any atom is -0.309 e. The summed E-state index contributed by atoms with van der Waals surface area (Å²) in [6, 6.07) is 64.3. The van der Waals surface area contributed by atoms with Crippen molar-refractivity contribution in [2.24, 2.45) is 0 Å². The van der Waals surface area contributed by atoms with E-state index in [9.17, 15) is 0 Å². The molecule has 9 rings (SSSR count). The van der Waals surface area contributed by atoms with Gasteiger partial charge >= 0.3 is 0 Å². The van der Waals surface area contributed by atoms with Gasteiger partial charge in [0.25, 0.3) is 0 Å². The number of benzene rings is 8. The van der Waals surface area contributed by atoms with E-state index in [1.54, 1.807) is 0 Å². The number of fused-ring (bicyclic) bond motifs is 5. The first kappa shape index (κ1) is 28.3. The highest BCUT2D eigenvalue weighted by Crippen LogP contribution is 2.43. The molecule has 0 unspecified atom stereocenters. The van der Waals surface area contributed by atoms with Gasteiger partial charge in [0.1, 0.15) is 0 Å². The first-order valence-electron chi connectivity index (χ1n) is 17.0. The summed E-state index contributed by atoms with van der Waals surface area (Å²) in [5.74, 6) is 0. The third kappa shape index (κ3) is 4.70. The second kappa shape index (κ2) is 12.0. The zero-order chi connectivity index (χ0) is 31.9. The van der Waals surface area contributed by atoms with Gasteiger partial charge in [-0.15, -0.1) is 0 Å². The third-order valence-electron chi connectivity index (χ3n) is 9.99. The molecule has 0 aliphatic rings. The summed E-state index contributed by atoms with van der Waals surface area (Å²) in [7, 11) is 0. The van der Waals surface area contributed by atoms with Crippen LogP contribution in [0.4, 0.5) is 0 Å². The number of para-hydroxylation sites is 3. The zero-order valence-corrected chi connectivity index (χ0v) is 26.8. The fraction of sp³-hybridized carbons (Fsp3) is 0.0638. The highest BCUT2D eigenvalue weighted by molar-refractivity contribution is 6.16. The van der Waals surface area contributed by atoms with Crippen LogP contribution in [0.3, 0.4) is 0 Å². The second-order valence-electron chi connectivity index (χ2n) is 12.7. The molecule has 0 fully saturated rings. The highest BCUT2D eigenvalue weighted by atomic mass is 15.0. The van der Waals surface area contributed by atoms with E-state index in [2.05, 4.69) is 180 Å². The number of rotatable bonds is 7. The number of hydrogen-bond acceptors (Lipinski definition) is 0. The third-order valence-corrected chi connectivity index (χ3v) is 9.99. The Hall–Kier alpha value is -5.92. The van der Waals surface area contributed by atoms with Gasteiger partial charge in [-0.25, -0.2) is 0 Å². The van der Waals surface area contributed by atoms with Crippen LogP contribution in [0.25, 0.3) is 71.3 Å². The first-order valence-corrected chi connectivity index (χ1v) is 17.0. The monoisotopic (exact) mass is 613 g/mol.